The Morgan fingerprint density at radius 1 is 1.13 bits per heavy atom. The van der Waals surface area contributed by atoms with Crippen LogP contribution in [0.25, 0.3) is 11.3 Å². The minimum atomic E-state index is 0.291. The topological polar surface area (TPSA) is 51.8 Å². The summed E-state index contributed by atoms with van der Waals surface area (Å²) in [5, 5.41) is 0.307. The van der Waals surface area contributed by atoms with E-state index in [-0.39, 0.29) is 0 Å². The van der Waals surface area contributed by atoms with Gasteiger partial charge in [0.05, 0.1) is 0 Å². The summed E-state index contributed by atoms with van der Waals surface area (Å²) in [4.78, 5) is 8.22. The molecule has 0 amide bonds. The molecular weight excluding hydrogens is 277 g/mol. The quantitative estimate of drug-likeness (QED) is 0.875. The van der Waals surface area contributed by atoms with E-state index in [2.05, 4.69) is 25.9 Å². The lowest BCUT2D eigenvalue weighted by Crippen LogP contribution is -1.97. The van der Waals surface area contributed by atoms with E-state index in [9.17, 15) is 0 Å². The maximum Gasteiger partial charge on any atom is 0.158 e. The summed E-state index contributed by atoms with van der Waals surface area (Å²) in [6, 6.07) is 9.59. The third kappa shape index (κ3) is 2.11. The average Bonchev–Trinajstić information content (AvgIpc) is 2.25. The molecule has 1 aromatic heterocycles. The molecule has 0 spiro atoms. The Hall–Kier alpha value is -1.13. The van der Waals surface area contributed by atoms with Crippen molar-refractivity contribution in [2.24, 2.45) is 0 Å². The van der Waals surface area contributed by atoms with Crippen molar-refractivity contribution >= 4 is 33.3 Å². The van der Waals surface area contributed by atoms with Crippen LogP contribution >= 0.6 is 27.5 Å². The van der Waals surface area contributed by atoms with Gasteiger partial charge in [-0.15, -0.1) is 0 Å². The first-order valence-electron chi connectivity index (χ1n) is 4.22. The summed E-state index contributed by atoms with van der Waals surface area (Å²) in [5.74, 6) is 0.291. The van der Waals surface area contributed by atoms with Crippen LogP contribution in [0, 0.1) is 0 Å². The van der Waals surface area contributed by atoms with Crippen LogP contribution in [0.5, 0.6) is 0 Å². The molecule has 5 heteroatoms. The predicted octanol–water partition coefficient (Wildman–Crippen LogP) is 3.14. The molecule has 0 saturated heterocycles. The molecule has 15 heavy (non-hydrogen) atoms. The van der Waals surface area contributed by atoms with E-state index in [1.165, 1.54) is 0 Å². The fourth-order valence-corrected chi connectivity index (χ4v) is 1.69. The Balaban J connectivity index is 2.59. The third-order valence-electron chi connectivity index (χ3n) is 1.88. The Labute approximate surface area is 100 Å². The van der Waals surface area contributed by atoms with Gasteiger partial charge in [0.25, 0.3) is 0 Å². The van der Waals surface area contributed by atoms with Crippen molar-refractivity contribution in [3.8, 4) is 11.3 Å². The van der Waals surface area contributed by atoms with Gasteiger partial charge in [-0.3, -0.25) is 0 Å². The monoisotopic (exact) mass is 283 g/mol. The van der Waals surface area contributed by atoms with Gasteiger partial charge in [0, 0.05) is 5.56 Å². The first-order valence-corrected chi connectivity index (χ1v) is 5.39. The van der Waals surface area contributed by atoms with E-state index < -0.39 is 0 Å². The van der Waals surface area contributed by atoms with Gasteiger partial charge in [-0.1, -0.05) is 41.9 Å². The molecule has 0 aliphatic carbocycles. The van der Waals surface area contributed by atoms with Crippen molar-refractivity contribution in [2.75, 3.05) is 5.73 Å². The lowest BCUT2D eigenvalue weighted by atomic mass is 10.2. The van der Waals surface area contributed by atoms with Crippen LogP contribution in [-0.2, 0) is 0 Å². The van der Waals surface area contributed by atoms with Crippen LogP contribution < -0.4 is 5.73 Å². The van der Waals surface area contributed by atoms with Gasteiger partial charge in [0.1, 0.15) is 10.3 Å². The zero-order valence-corrected chi connectivity index (χ0v) is 9.96. The second-order valence-corrected chi connectivity index (χ2v) is 4.01. The fourth-order valence-electron chi connectivity index (χ4n) is 1.19. The van der Waals surface area contributed by atoms with Gasteiger partial charge in [0.2, 0.25) is 0 Å². The van der Waals surface area contributed by atoms with Gasteiger partial charge in [-0.05, 0) is 15.9 Å². The van der Waals surface area contributed by atoms with E-state index >= 15 is 0 Å². The number of nitrogens with two attached hydrogens (primary N) is 1. The predicted molar refractivity (Wildman–Crippen MR) is 64.6 cm³/mol. The van der Waals surface area contributed by atoms with Gasteiger partial charge in [-0.25, -0.2) is 9.97 Å². The number of benzene rings is 1. The van der Waals surface area contributed by atoms with Crippen LogP contribution in [0.3, 0.4) is 0 Å². The first-order chi connectivity index (χ1) is 7.18. The molecule has 1 heterocycles. The van der Waals surface area contributed by atoms with E-state index in [4.69, 9.17) is 17.3 Å². The number of nitrogens with zero attached hydrogens (tertiary/aromatic N) is 2. The first kappa shape index (κ1) is 10.4. The van der Waals surface area contributed by atoms with Gasteiger partial charge >= 0.3 is 0 Å². The normalized spacial score (nSPS) is 10.3. The minimum Gasteiger partial charge on any atom is -0.381 e. The highest BCUT2D eigenvalue weighted by Gasteiger charge is 2.09. The molecule has 0 aliphatic rings. The molecule has 2 N–H and O–H groups in total. The molecule has 0 fully saturated rings. The molecule has 2 rings (SSSR count). The van der Waals surface area contributed by atoms with Crippen molar-refractivity contribution < 1.29 is 0 Å². The standard InChI is InChI=1S/C10H7BrClN3/c11-8-10(13)15-9(12)7(14-8)6-4-2-1-3-5-6/h1-5H,(H2,13,15). The summed E-state index contributed by atoms with van der Waals surface area (Å²) in [5.41, 5.74) is 7.10. The van der Waals surface area contributed by atoms with Gasteiger partial charge in [-0.2, -0.15) is 0 Å². The second kappa shape index (κ2) is 4.16. The van der Waals surface area contributed by atoms with Crippen LogP contribution in [0.4, 0.5) is 5.82 Å². The Morgan fingerprint density at radius 2 is 1.80 bits per heavy atom. The van der Waals surface area contributed by atoms with Gasteiger partial charge in [0.15, 0.2) is 11.0 Å². The zero-order chi connectivity index (χ0) is 10.8. The highest BCUT2D eigenvalue weighted by molar-refractivity contribution is 9.10. The Bertz CT molecular complexity index is 488. The minimum absolute atomic E-state index is 0.291. The molecule has 0 aliphatic heterocycles. The number of aromatic nitrogens is 2. The van der Waals surface area contributed by atoms with Crippen LogP contribution in [0.2, 0.25) is 5.15 Å². The number of rotatable bonds is 1. The number of hydrogen-bond donors (Lipinski definition) is 1. The summed E-state index contributed by atoms with van der Waals surface area (Å²) in [6.07, 6.45) is 0. The molecule has 76 valence electrons. The summed E-state index contributed by atoms with van der Waals surface area (Å²) in [7, 11) is 0. The van der Waals surface area contributed by atoms with Crippen molar-refractivity contribution in [1.82, 2.24) is 9.97 Å². The van der Waals surface area contributed by atoms with Crippen molar-refractivity contribution in [1.29, 1.82) is 0 Å². The molecule has 0 saturated carbocycles. The summed E-state index contributed by atoms with van der Waals surface area (Å²) >= 11 is 9.18. The number of nitrogen functional groups attached to an aromatic ring is 1. The van der Waals surface area contributed by atoms with E-state index in [0.29, 0.717) is 21.3 Å². The van der Waals surface area contributed by atoms with E-state index in [1.807, 2.05) is 30.3 Å². The number of anilines is 1. The lowest BCUT2D eigenvalue weighted by molar-refractivity contribution is 1.18. The Kier molecular flexibility index (Phi) is 2.88. The molecular formula is C10H7BrClN3. The lowest BCUT2D eigenvalue weighted by Gasteiger charge is -2.04. The maximum absolute atomic E-state index is 5.96. The highest BCUT2D eigenvalue weighted by Crippen LogP contribution is 2.27. The number of hydrogen-bond acceptors (Lipinski definition) is 3. The molecule has 1 aromatic carbocycles. The molecule has 0 bridgehead atoms. The van der Waals surface area contributed by atoms with Gasteiger partial charge < -0.3 is 5.73 Å². The van der Waals surface area contributed by atoms with Crippen molar-refractivity contribution in [2.45, 2.75) is 0 Å². The second-order valence-electron chi connectivity index (χ2n) is 2.91. The highest BCUT2D eigenvalue weighted by atomic mass is 79.9. The molecule has 0 radical (unpaired) electrons. The van der Waals surface area contributed by atoms with E-state index in [1.54, 1.807) is 0 Å². The smallest absolute Gasteiger partial charge is 0.158 e. The van der Waals surface area contributed by atoms with Crippen molar-refractivity contribution in [3.63, 3.8) is 0 Å². The van der Waals surface area contributed by atoms with E-state index in [0.717, 1.165) is 5.56 Å². The Morgan fingerprint density at radius 3 is 2.47 bits per heavy atom. The van der Waals surface area contributed by atoms with Crippen molar-refractivity contribution in [3.05, 3.63) is 40.1 Å². The summed E-state index contributed by atoms with van der Waals surface area (Å²) in [6.45, 7) is 0. The zero-order valence-electron chi connectivity index (χ0n) is 7.61. The molecule has 0 atom stereocenters. The van der Waals surface area contributed by atoms with Crippen LogP contribution in [0.15, 0.2) is 34.9 Å². The summed E-state index contributed by atoms with van der Waals surface area (Å²) < 4.78 is 0.505. The number of halogens is 2. The largest absolute Gasteiger partial charge is 0.381 e. The molecule has 0 unspecified atom stereocenters. The fraction of sp³-hybridized carbons (Fsp3) is 0. The van der Waals surface area contributed by atoms with Crippen LogP contribution in [0.1, 0.15) is 0 Å². The average molecular weight is 285 g/mol. The molecule has 3 nitrogen and oxygen atoms in total. The third-order valence-corrected chi connectivity index (χ3v) is 2.73. The van der Waals surface area contributed by atoms with Crippen LogP contribution in [-0.4, -0.2) is 9.97 Å². The SMILES string of the molecule is Nc1nc(Cl)c(-c2ccccc2)nc1Br. The molecule has 2 aromatic rings. The maximum atomic E-state index is 5.96.